The molecule has 4 rings (SSSR count). The van der Waals surface area contributed by atoms with Gasteiger partial charge < -0.3 is 10.2 Å². The van der Waals surface area contributed by atoms with E-state index in [0.717, 1.165) is 30.8 Å². The molecule has 27 heavy (non-hydrogen) atoms. The van der Waals surface area contributed by atoms with E-state index >= 15 is 0 Å². The highest BCUT2D eigenvalue weighted by molar-refractivity contribution is 5.92. The normalized spacial score (nSPS) is 13.1. The number of fused-ring (bicyclic) bond motifs is 1. The number of nitrogens with one attached hydrogen (secondary N) is 1. The highest BCUT2D eigenvalue weighted by atomic mass is 19.1. The molecule has 1 aliphatic rings. The first-order valence-corrected chi connectivity index (χ1v) is 9.05. The van der Waals surface area contributed by atoms with E-state index in [9.17, 15) is 9.18 Å². The van der Waals surface area contributed by atoms with Gasteiger partial charge in [-0.25, -0.2) is 9.37 Å². The zero-order chi connectivity index (χ0) is 18.6. The molecule has 3 aromatic rings. The van der Waals surface area contributed by atoms with Crippen molar-refractivity contribution in [1.29, 1.82) is 0 Å². The molecule has 0 unspecified atom stereocenters. The molecule has 2 aromatic carbocycles. The summed E-state index contributed by atoms with van der Waals surface area (Å²) >= 11 is 0. The van der Waals surface area contributed by atoms with E-state index in [-0.39, 0.29) is 18.1 Å². The molecule has 0 fully saturated rings. The molecule has 0 bridgehead atoms. The molecule has 4 nitrogen and oxygen atoms in total. The van der Waals surface area contributed by atoms with Crippen molar-refractivity contribution in [3.05, 3.63) is 83.8 Å². The van der Waals surface area contributed by atoms with Gasteiger partial charge in [0.2, 0.25) is 5.91 Å². The lowest BCUT2D eigenvalue weighted by Gasteiger charge is -2.30. The number of aryl methyl sites for hydroxylation is 1. The summed E-state index contributed by atoms with van der Waals surface area (Å²) in [6.07, 6.45) is 4.05. The first-order chi connectivity index (χ1) is 13.2. The number of pyridine rings is 1. The summed E-state index contributed by atoms with van der Waals surface area (Å²) in [5.41, 5.74) is 3.95. The lowest BCUT2D eigenvalue weighted by molar-refractivity contribution is -0.115. The number of nitrogens with zero attached hydrogens (tertiary/aromatic N) is 2. The minimum absolute atomic E-state index is 0.153. The van der Waals surface area contributed by atoms with Gasteiger partial charge in [0.05, 0.1) is 18.3 Å². The molecular weight excluding hydrogens is 341 g/mol. The smallest absolute Gasteiger partial charge is 0.228 e. The molecule has 0 atom stereocenters. The SMILES string of the molecule is O=C(Cc1ccc(F)cc1)Nc1ccc(N2CCCc3ccccc32)nc1. The average molecular weight is 361 g/mol. The van der Waals surface area contributed by atoms with Gasteiger partial charge in [-0.3, -0.25) is 4.79 Å². The molecule has 1 aromatic heterocycles. The quantitative estimate of drug-likeness (QED) is 0.745. The van der Waals surface area contributed by atoms with E-state index in [0.29, 0.717) is 5.69 Å². The van der Waals surface area contributed by atoms with Gasteiger partial charge in [0.25, 0.3) is 0 Å². The second kappa shape index (κ2) is 7.58. The second-order valence-electron chi connectivity index (χ2n) is 6.64. The molecule has 1 amide bonds. The lowest BCUT2D eigenvalue weighted by atomic mass is 10.0. The highest BCUT2D eigenvalue weighted by Gasteiger charge is 2.18. The Bertz CT molecular complexity index is 939. The minimum atomic E-state index is -0.307. The standard InChI is InChI=1S/C22H20FN3O/c23-18-9-7-16(8-10-18)14-22(27)25-19-11-12-21(24-15-19)26-13-3-5-17-4-1-2-6-20(17)26/h1-2,4,6-12,15H,3,5,13-14H2,(H,25,27). The fraction of sp³-hybridized carbons (Fsp3) is 0.182. The topological polar surface area (TPSA) is 45.2 Å². The predicted octanol–water partition coefficient (Wildman–Crippen LogP) is 4.49. The van der Waals surface area contributed by atoms with Gasteiger partial charge in [0.15, 0.2) is 0 Å². The maximum Gasteiger partial charge on any atom is 0.228 e. The molecule has 1 N–H and O–H groups in total. The van der Waals surface area contributed by atoms with E-state index in [4.69, 9.17) is 0 Å². The largest absolute Gasteiger partial charge is 0.326 e. The molecule has 5 heteroatoms. The van der Waals surface area contributed by atoms with E-state index < -0.39 is 0 Å². The number of hydrogen-bond acceptors (Lipinski definition) is 3. The van der Waals surface area contributed by atoms with Crippen LogP contribution in [0.5, 0.6) is 0 Å². The first-order valence-electron chi connectivity index (χ1n) is 9.05. The van der Waals surface area contributed by atoms with Crippen LogP contribution in [0, 0.1) is 5.82 Å². The van der Waals surface area contributed by atoms with E-state index in [1.165, 1.54) is 23.4 Å². The number of amides is 1. The van der Waals surface area contributed by atoms with Crippen LogP contribution >= 0.6 is 0 Å². The Kier molecular flexibility index (Phi) is 4.83. The van der Waals surface area contributed by atoms with Crippen molar-refractivity contribution in [3.63, 3.8) is 0 Å². The van der Waals surface area contributed by atoms with Crippen LogP contribution in [-0.4, -0.2) is 17.4 Å². The Labute approximate surface area is 157 Å². The van der Waals surface area contributed by atoms with Gasteiger partial charge in [0.1, 0.15) is 11.6 Å². The molecule has 0 radical (unpaired) electrons. The third-order valence-electron chi connectivity index (χ3n) is 4.70. The number of halogens is 1. The van der Waals surface area contributed by atoms with Crippen molar-refractivity contribution in [2.75, 3.05) is 16.8 Å². The van der Waals surface area contributed by atoms with Crippen molar-refractivity contribution >= 4 is 23.1 Å². The van der Waals surface area contributed by atoms with Crippen LogP contribution in [0.25, 0.3) is 0 Å². The van der Waals surface area contributed by atoms with Gasteiger partial charge in [-0.1, -0.05) is 30.3 Å². The number of aromatic nitrogens is 1. The van der Waals surface area contributed by atoms with Crippen LogP contribution in [0.1, 0.15) is 17.5 Å². The van der Waals surface area contributed by atoms with Crippen molar-refractivity contribution in [3.8, 4) is 0 Å². The maximum atomic E-state index is 12.9. The predicted molar refractivity (Wildman–Crippen MR) is 105 cm³/mol. The Morgan fingerprint density at radius 1 is 1.07 bits per heavy atom. The number of hydrogen-bond donors (Lipinski definition) is 1. The molecule has 2 heterocycles. The number of anilines is 3. The van der Waals surface area contributed by atoms with Crippen molar-refractivity contribution in [2.24, 2.45) is 0 Å². The monoisotopic (exact) mass is 361 g/mol. The van der Waals surface area contributed by atoms with Crippen molar-refractivity contribution in [2.45, 2.75) is 19.3 Å². The van der Waals surface area contributed by atoms with E-state index in [1.54, 1.807) is 18.3 Å². The summed E-state index contributed by atoms with van der Waals surface area (Å²) in [5.74, 6) is 0.413. The molecule has 0 aliphatic carbocycles. The van der Waals surface area contributed by atoms with Crippen molar-refractivity contribution in [1.82, 2.24) is 4.98 Å². The molecule has 0 saturated heterocycles. The Morgan fingerprint density at radius 2 is 1.89 bits per heavy atom. The summed E-state index contributed by atoms with van der Waals surface area (Å²) in [7, 11) is 0. The molecular formula is C22H20FN3O. The second-order valence-corrected chi connectivity index (χ2v) is 6.64. The van der Waals surface area contributed by atoms with Crippen LogP contribution in [-0.2, 0) is 17.6 Å². The van der Waals surface area contributed by atoms with Gasteiger partial charge in [-0.2, -0.15) is 0 Å². The van der Waals surface area contributed by atoms with E-state index in [2.05, 4.69) is 33.4 Å². The Balaban J connectivity index is 1.44. The van der Waals surface area contributed by atoms with Crippen molar-refractivity contribution < 1.29 is 9.18 Å². The Morgan fingerprint density at radius 3 is 2.67 bits per heavy atom. The number of rotatable bonds is 4. The number of carbonyl (C=O) groups is 1. The minimum Gasteiger partial charge on any atom is -0.326 e. The van der Waals surface area contributed by atoms with Gasteiger partial charge in [-0.05, 0) is 54.3 Å². The highest BCUT2D eigenvalue weighted by Crippen LogP contribution is 2.32. The summed E-state index contributed by atoms with van der Waals surface area (Å²) in [6, 6.07) is 18.1. The van der Waals surface area contributed by atoms with E-state index in [1.807, 2.05) is 18.2 Å². The van der Waals surface area contributed by atoms with Crippen LogP contribution in [0.2, 0.25) is 0 Å². The average Bonchev–Trinajstić information content (AvgIpc) is 2.70. The third kappa shape index (κ3) is 3.97. The third-order valence-corrected chi connectivity index (χ3v) is 4.70. The first kappa shape index (κ1) is 17.2. The summed E-state index contributed by atoms with van der Waals surface area (Å²) in [6.45, 7) is 0.931. The summed E-state index contributed by atoms with van der Waals surface area (Å²) in [5, 5.41) is 2.84. The van der Waals surface area contributed by atoms with Crippen LogP contribution in [0.15, 0.2) is 66.9 Å². The number of carbonyl (C=O) groups excluding carboxylic acids is 1. The number of para-hydroxylation sites is 1. The fourth-order valence-corrected chi connectivity index (χ4v) is 3.38. The van der Waals surface area contributed by atoms with Crippen LogP contribution < -0.4 is 10.2 Å². The van der Waals surface area contributed by atoms with Crippen LogP contribution in [0.3, 0.4) is 0 Å². The summed E-state index contributed by atoms with van der Waals surface area (Å²) < 4.78 is 12.9. The van der Waals surface area contributed by atoms with Gasteiger partial charge in [0, 0.05) is 12.2 Å². The summed E-state index contributed by atoms with van der Waals surface area (Å²) in [4.78, 5) is 18.9. The number of benzene rings is 2. The Hall–Kier alpha value is -3.21. The molecule has 1 aliphatic heterocycles. The van der Waals surface area contributed by atoms with Gasteiger partial charge in [-0.15, -0.1) is 0 Å². The maximum absolute atomic E-state index is 12.9. The zero-order valence-corrected chi connectivity index (χ0v) is 14.9. The lowest BCUT2D eigenvalue weighted by Crippen LogP contribution is -2.25. The molecule has 0 spiro atoms. The molecule has 136 valence electrons. The van der Waals surface area contributed by atoms with Gasteiger partial charge >= 0.3 is 0 Å². The zero-order valence-electron chi connectivity index (χ0n) is 14.9. The molecule has 0 saturated carbocycles. The van der Waals surface area contributed by atoms with Crippen LogP contribution in [0.4, 0.5) is 21.6 Å². The fourth-order valence-electron chi connectivity index (χ4n) is 3.38.